The molecule has 1 aliphatic heterocycles. The van der Waals surface area contributed by atoms with Crippen LogP contribution in [-0.4, -0.2) is 48.8 Å². The first-order valence-corrected chi connectivity index (χ1v) is 8.97. The zero-order valence-electron chi connectivity index (χ0n) is 14.0. The summed E-state index contributed by atoms with van der Waals surface area (Å²) in [4.78, 5) is 4.59. The van der Waals surface area contributed by atoms with Gasteiger partial charge in [0.25, 0.3) is 0 Å². The van der Waals surface area contributed by atoms with Crippen LogP contribution in [0.3, 0.4) is 0 Å². The second-order valence-corrected chi connectivity index (χ2v) is 7.44. The summed E-state index contributed by atoms with van der Waals surface area (Å²) in [5.74, 6) is 1.63. The van der Waals surface area contributed by atoms with Crippen LogP contribution < -0.4 is 4.90 Å². The Morgan fingerprint density at radius 3 is 2.62 bits per heavy atom. The van der Waals surface area contributed by atoms with Crippen LogP contribution in [0.4, 0.5) is 5.82 Å². The SMILES string of the molecule is CN(C)CC1CCCN(c2ccc(-c3ccc(Cl)c(Cl)c3)nn2)C1. The standard InChI is InChI=1S/C18H22Cl2N4/c1-23(2)11-13-4-3-9-24(12-13)18-8-7-17(21-22-18)14-5-6-15(19)16(20)10-14/h5-8,10,13H,3-4,9,11-12H2,1-2H3. The van der Waals surface area contributed by atoms with E-state index in [2.05, 4.69) is 34.1 Å². The molecule has 0 spiro atoms. The highest BCUT2D eigenvalue weighted by molar-refractivity contribution is 6.42. The number of aromatic nitrogens is 2. The third kappa shape index (κ3) is 4.18. The fraction of sp³-hybridized carbons (Fsp3) is 0.444. The van der Waals surface area contributed by atoms with Crippen molar-refractivity contribution in [2.24, 2.45) is 5.92 Å². The van der Waals surface area contributed by atoms with Crippen molar-refractivity contribution in [1.29, 1.82) is 0 Å². The van der Waals surface area contributed by atoms with Gasteiger partial charge in [-0.2, -0.15) is 0 Å². The maximum Gasteiger partial charge on any atom is 0.151 e. The molecule has 1 fully saturated rings. The van der Waals surface area contributed by atoms with E-state index in [0.29, 0.717) is 16.0 Å². The molecular weight excluding hydrogens is 343 g/mol. The van der Waals surface area contributed by atoms with E-state index in [-0.39, 0.29) is 0 Å². The number of piperidine rings is 1. The average Bonchev–Trinajstić information content (AvgIpc) is 2.57. The van der Waals surface area contributed by atoms with Crippen molar-refractivity contribution in [3.63, 3.8) is 0 Å². The van der Waals surface area contributed by atoms with E-state index in [1.807, 2.05) is 24.3 Å². The van der Waals surface area contributed by atoms with E-state index < -0.39 is 0 Å². The molecular formula is C18H22Cl2N4. The minimum Gasteiger partial charge on any atom is -0.355 e. The van der Waals surface area contributed by atoms with Crippen molar-refractivity contribution in [3.05, 3.63) is 40.4 Å². The van der Waals surface area contributed by atoms with Gasteiger partial charge in [0.05, 0.1) is 15.7 Å². The first-order chi connectivity index (χ1) is 11.5. The minimum atomic E-state index is 0.530. The molecule has 1 aromatic heterocycles. The van der Waals surface area contributed by atoms with Crippen LogP contribution in [0.15, 0.2) is 30.3 Å². The molecule has 0 bridgehead atoms. The molecule has 1 saturated heterocycles. The molecule has 0 aliphatic carbocycles. The maximum atomic E-state index is 6.08. The third-order valence-electron chi connectivity index (χ3n) is 4.33. The van der Waals surface area contributed by atoms with Crippen molar-refractivity contribution in [2.45, 2.75) is 12.8 Å². The Morgan fingerprint density at radius 2 is 1.96 bits per heavy atom. The first-order valence-electron chi connectivity index (χ1n) is 8.22. The summed E-state index contributed by atoms with van der Waals surface area (Å²) in [5, 5.41) is 9.88. The van der Waals surface area contributed by atoms with Crippen LogP contribution in [0, 0.1) is 5.92 Å². The topological polar surface area (TPSA) is 32.3 Å². The number of hydrogen-bond acceptors (Lipinski definition) is 4. The number of nitrogens with zero attached hydrogens (tertiary/aromatic N) is 4. The molecule has 1 atom stereocenters. The van der Waals surface area contributed by atoms with E-state index in [0.717, 1.165) is 36.7 Å². The molecule has 2 heterocycles. The van der Waals surface area contributed by atoms with Crippen molar-refractivity contribution in [2.75, 3.05) is 38.6 Å². The molecule has 2 aromatic rings. The van der Waals surface area contributed by atoms with Crippen molar-refractivity contribution >= 4 is 29.0 Å². The van der Waals surface area contributed by atoms with Crippen LogP contribution >= 0.6 is 23.2 Å². The second-order valence-electron chi connectivity index (χ2n) is 6.62. The molecule has 1 aliphatic rings. The summed E-state index contributed by atoms with van der Waals surface area (Å²) < 4.78 is 0. The zero-order valence-corrected chi connectivity index (χ0v) is 15.6. The lowest BCUT2D eigenvalue weighted by molar-refractivity contribution is 0.291. The average molecular weight is 365 g/mol. The van der Waals surface area contributed by atoms with E-state index in [1.165, 1.54) is 12.8 Å². The zero-order chi connectivity index (χ0) is 17.1. The highest BCUT2D eigenvalue weighted by Crippen LogP contribution is 2.28. The highest BCUT2D eigenvalue weighted by Gasteiger charge is 2.21. The van der Waals surface area contributed by atoms with Gasteiger partial charge >= 0.3 is 0 Å². The molecule has 0 saturated carbocycles. The highest BCUT2D eigenvalue weighted by atomic mass is 35.5. The van der Waals surface area contributed by atoms with Gasteiger partial charge in [-0.15, -0.1) is 10.2 Å². The Kier molecular flexibility index (Phi) is 5.59. The Bertz CT molecular complexity index is 688. The summed E-state index contributed by atoms with van der Waals surface area (Å²) in [5.41, 5.74) is 1.73. The van der Waals surface area contributed by atoms with Crippen LogP contribution in [-0.2, 0) is 0 Å². The van der Waals surface area contributed by atoms with Crippen LogP contribution in [0.2, 0.25) is 10.0 Å². The van der Waals surface area contributed by atoms with Crippen molar-refractivity contribution in [3.8, 4) is 11.3 Å². The summed E-state index contributed by atoms with van der Waals surface area (Å²) in [7, 11) is 4.26. The van der Waals surface area contributed by atoms with Crippen LogP contribution in [0.1, 0.15) is 12.8 Å². The fourth-order valence-corrected chi connectivity index (χ4v) is 3.54. The lowest BCUT2D eigenvalue weighted by atomic mass is 9.97. The normalized spacial score (nSPS) is 18.2. The molecule has 4 nitrogen and oxygen atoms in total. The van der Waals surface area contributed by atoms with Gasteiger partial charge in [0, 0.05) is 25.2 Å². The van der Waals surface area contributed by atoms with Crippen molar-refractivity contribution < 1.29 is 0 Å². The third-order valence-corrected chi connectivity index (χ3v) is 5.07. The first kappa shape index (κ1) is 17.5. The van der Waals surface area contributed by atoms with Gasteiger partial charge in [0.1, 0.15) is 0 Å². The minimum absolute atomic E-state index is 0.530. The van der Waals surface area contributed by atoms with Gasteiger partial charge in [0.15, 0.2) is 5.82 Å². The lowest BCUT2D eigenvalue weighted by Gasteiger charge is -2.34. The predicted octanol–water partition coefficient (Wildman–Crippen LogP) is 4.23. The summed E-state index contributed by atoms with van der Waals surface area (Å²) in [6, 6.07) is 9.55. The second kappa shape index (κ2) is 7.68. The van der Waals surface area contributed by atoms with Gasteiger partial charge < -0.3 is 9.80 Å². The maximum absolute atomic E-state index is 6.08. The molecule has 128 valence electrons. The summed E-state index contributed by atoms with van der Waals surface area (Å²) >= 11 is 12.0. The molecule has 1 aromatic carbocycles. The number of benzene rings is 1. The Hall–Kier alpha value is -1.36. The van der Waals surface area contributed by atoms with Crippen LogP contribution in [0.25, 0.3) is 11.3 Å². The molecule has 6 heteroatoms. The molecule has 24 heavy (non-hydrogen) atoms. The Balaban J connectivity index is 1.73. The smallest absolute Gasteiger partial charge is 0.151 e. The number of halogens is 2. The lowest BCUT2D eigenvalue weighted by Crippen LogP contribution is -2.39. The Morgan fingerprint density at radius 1 is 1.12 bits per heavy atom. The number of hydrogen-bond donors (Lipinski definition) is 0. The van der Waals surface area contributed by atoms with E-state index in [4.69, 9.17) is 23.2 Å². The van der Waals surface area contributed by atoms with Gasteiger partial charge in [0.2, 0.25) is 0 Å². The predicted molar refractivity (Wildman–Crippen MR) is 101 cm³/mol. The number of anilines is 1. The molecule has 0 N–H and O–H groups in total. The Labute approximate surface area is 153 Å². The molecule has 0 amide bonds. The van der Waals surface area contributed by atoms with Gasteiger partial charge in [-0.05, 0) is 57.1 Å². The summed E-state index contributed by atoms with van der Waals surface area (Å²) in [6.07, 6.45) is 2.48. The van der Waals surface area contributed by atoms with Gasteiger partial charge in [-0.3, -0.25) is 0 Å². The van der Waals surface area contributed by atoms with Crippen LogP contribution in [0.5, 0.6) is 0 Å². The van der Waals surface area contributed by atoms with E-state index in [1.54, 1.807) is 6.07 Å². The van der Waals surface area contributed by atoms with Gasteiger partial charge in [-0.1, -0.05) is 29.3 Å². The number of rotatable bonds is 4. The van der Waals surface area contributed by atoms with Gasteiger partial charge in [-0.25, -0.2) is 0 Å². The quantitative estimate of drug-likeness (QED) is 0.812. The van der Waals surface area contributed by atoms with E-state index in [9.17, 15) is 0 Å². The fourth-order valence-electron chi connectivity index (χ4n) is 3.24. The summed E-state index contributed by atoms with van der Waals surface area (Å²) in [6.45, 7) is 3.20. The molecule has 0 radical (unpaired) electrons. The molecule has 1 unspecified atom stereocenters. The molecule has 3 rings (SSSR count). The van der Waals surface area contributed by atoms with E-state index >= 15 is 0 Å². The monoisotopic (exact) mass is 364 g/mol. The largest absolute Gasteiger partial charge is 0.355 e. The van der Waals surface area contributed by atoms with Crippen molar-refractivity contribution in [1.82, 2.24) is 15.1 Å².